The van der Waals surface area contributed by atoms with Gasteiger partial charge in [0, 0.05) is 13.1 Å². The maximum absolute atomic E-state index is 4.13. The first-order chi connectivity index (χ1) is 7.76. The van der Waals surface area contributed by atoms with Crippen LogP contribution in [0.4, 0.5) is 0 Å². The summed E-state index contributed by atoms with van der Waals surface area (Å²) < 4.78 is 0. The lowest BCUT2D eigenvalue weighted by Gasteiger charge is -2.30. The monoisotopic (exact) mass is 224 g/mol. The Morgan fingerprint density at radius 1 is 1.31 bits per heavy atom. The Morgan fingerprint density at radius 3 is 2.56 bits per heavy atom. The summed E-state index contributed by atoms with van der Waals surface area (Å²) >= 11 is 0. The smallest absolute Gasteiger partial charge is 0.0190 e. The maximum atomic E-state index is 4.13. The van der Waals surface area contributed by atoms with Crippen LogP contribution in [-0.2, 0) is 0 Å². The zero-order chi connectivity index (χ0) is 11.8. The average molecular weight is 224 g/mol. The third-order valence-electron chi connectivity index (χ3n) is 3.46. The molecule has 0 spiro atoms. The van der Waals surface area contributed by atoms with Gasteiger partial charge in [-0.05, 0) is 51.2 Å². The fourth-order valence-electron chi connectivity index (χ4n) is 2.41. The van der Waals surface area contributed by atoms with Gasteiger partial charge in [-0.15, -0.1) is 0 Å². The number of piperidine rings is 1. The summed E-state index contributed by atoms with van der Waals surface area (Å²) in [6, 6.07) is 0. The minimum absolute atomic E-state index is 0.900. The normalized spacial score (nSPS) is 17.9. The van der Waals surface area contributed by atoms with Crippen molar-refractivity contribution in [3.63, 3.8) is 0 Å². The Hall–Kier alpha value is -0.340. The fourth-order valence-corrected chi connectivity index (χ4v) is 2.41. The van der Waals surface area contributed by atoms with E-state index in [-0.39, 0.29) is 0 Å². The standard InChI is InChI=1S/C14H28N2/c1-4-10-16(11-13(3)5-2)12-14-6-8-15-9-7-14/h14-15H,3-12H2,1-2H3. The van der Waals surface area contributed by atoms with Crippen molar-refractivity contribution >= 4 is 0 Å². The molecular formula is C14H28N2. The molecular weight excluding hydrogens is 196 g/mol. The molecule has 0 unspecified atom stereocenters. The summed E-state index contributed by atoms with van der Waals surface area (Å²) in [5.41, 5.74) is 1.38. The van der Waals surface area contributed by atoms with Crippen LogP contribution in [0.3, 0.4) is 0 Å². The molecule has 1 aliphatic heterocycles. The Kier molecular flexibility index (Phi) is 6.74. The Labute approximate surface area is 101 Å². The molecule has 2 heteroatoms. The Balaban J connectivity index is 2.33. The van der Waals surface area contributed by atoms with Crippen LogP contribution in [0.25, 0.3) is 0 Å². The van der Waals surface area contributed by atoms with E-state index in [0.717, 1.165) is 18.9 Å². The lowest BCUT2D eigenvalue weighted by atomic mass is 9.97. The average Bonchev–Trinajstić information content (AvgIpc) is 2.30. The van der Waals surface area contributed by atoms with Crippen molar-refractivity contribution in [3.8, 4) is 0 Å². The highest BCUT2D eigenvalue weighted by Crippen LogP contribution is 2.14. The minimum atomic E-state index is 0.900. The number of rotatable bonds is 7. The van der Waals surface area contributed by atoms with Crippen molar-refractivity contribution in [1.82, 2.24) is 10.2 Å². The van der Waals surface area contributed by atoms with Crippen molar-refractivity contribution in [2.75, 3.05) is 32.7 Å². The molecule has 0 aromatic heterocycles. The van der Waals surface area contributed by atoms with E-state index in [9.17, 15) is 0 Å². The van der Waals surface area contributed by atoms with E-state index in [1.807, 2.05) is 0 Å². The first kappa shape index (κ1) is 13.7. The minimum Gasteiger partial charge on any atom is -0.317 e. The Bertz CT molecular complexity index is 195. The van der Waals surface area contributed by atoms with Gasteiger partial charge in [-0.25, -0.2) is 0 Å². The van der Waals surface area contributed by atoms with Gasteiger partial charge in [0.25, 0.3) is 0 Å². The van der Waals surface area contributed by atoms with E-state index in [1.54, 1.807) is 0 Å². The van der Waals surface area contributed by atoms with Crippen molar-refractivity contribution in [3.05, 3.63) is 12.2 Å². The van der Waals surface area contributed by atoms with Crippen LogP contribution < -0.4 is 5.32 Å². The molecule has 0 saturated carbocycles. The van der Waals surface area contributed by atoms with Gasteiger partial charge in [-0.3, -0.25) is 4.90 Å². The zero-order valence-electron chi connectivity index (χ0n) is 11.1. The molecule has 1 aliphatic rings. The van der Waals surface area contributed by atoms with Crippen LogP contribution >= 0.6 is 0 Å². The van der Waals surface area contributed by atoms with E-state index in [0.29, 0.717) is 0 Å². The SMILES string of the molecule is C=C(CC)CN(CCC)CC1CCNCC1. The van der Waals surface area contributed by atoms with E-state index in [2.05, 4.69) is 30.6 Å². The summed E-state index contributed by atoms with van der Waals surface area (Å²) in [7, 11) is 0. The maximum Gasteiger partial charge on any atom is 0.0190 e. The quantitative estimate of drug-likeness (QED) is 0.669. The molecule has 94 valence electrons. The largest absolute Gasteiger partial charge is 0.317 e. The van der Waals surface area contributed by atoms with Crippen LogP contribution in [0.2, 0.25) is 0 Å². The first-order valence-corrected chi connectivity index (χ1v) is 6.86. The highest BCUT2D eigenvalue weighted by atomic mass is 15.1. The summed E-state index contributed by atoms with van der Waals surface area (Å²) in [6.07, 6.45) is 5.06. The van der Waals surface area contributed by atoms with Crippen LogP contribution in [0, 0.1) is 5.92 Å². The zero-order valence-corrected chi connectivity index (χ0v) is 11.1. The second-order valence-corrected chi connectivity index (χ2v) is 5.03. The predicted molar refractivity (Wildman–Crippen MR) is 71.8 cm³/mol. The summed E-state index contributed by atoms with van der Waals surface area (Å²) in [4.78, 5) is 2.60. The molecule has 2 nitrogen and oxygen atoms in total. The molecule has 0 bridgehead atoms. The molecule has 0 aromatic rings. The van der Waals surface area contributed by atoms with Gasteiger partial charge in [-0.2, -0.15) is 0 Å². The van der Waals surface area contributed by atoms with Crippen LogP contribution in [0.15, 0.2) is 12.2 Å². The summed E-state index contributed by atoms with van der Waals surface area (Å²) in [6.45, 7) is 14.6. The van der Waals surface area contributed by atoms with Crippen molar-refractivity contribution < 1.29 is 0 Å². The molecule has 1 saturated heterocycles. The predicted octanol–water partition coefficient (Wildman–Crippen LogP) is 2.66. The van der Waals surface area contributed by atoms with Gasteiger partial charge in [0.05, 0.1) is 0 Å². The van der Waals surface area contributed by atoms with Gasteiger partial charge in [0.2, 0.25) is 0 Å². The molecule has 0 amide bonds. The van der Waals surface area contributed by atoms with Gasteiger partial charge in [-0.1, -0.05) is 26.0 Å². The first-order valence-electron chi connectivity index (χ1n) is 6.86. The lowest BCUT2D eigenvalue weighted by molar-refractivity contribution is 0.218. The van der Waals surface area contributed by atoms with Gasteiger partial charge >= 0.3 is 0 Å². The molecule has 0 radical (unpaired) electrons. The van der Waals surface area contributed by atoms with E-state index in [1.165, 1.54) is 51.0 Å². The highest BCUT2D eigenvalue weighted by Gasteiger charge is 2.16. The number of nitrogens with one attached hydrogen (secondary N) is 1. The highest BCUT2D eigenvalue weighted by molar-refractivity contribution is 4.96. The molecule has 0 atom stereocenters. The van der Waals surface area contributed by atoms with Gasteiger partial charge in [0.1, 0.15) is 0 Å². The van der Waals surface area contributed by atoms with Crippen molar-refractivity contribution in [1.29, 1.82) is 0 Å². The van der Waals surface area contributed by atoms with Crippen molar-refractivity contribution in [2.45, 2.75) is 39.5 Å². The summed E-state index contributed by atoms with van der Waals surface area (Å²) in [5, 5.41) is 3.44. The summed E-state index contributed by atoms with van der Waals surface area (Å²) in [5.74, 6) is 0.900. The van der Waals surface area contributed by atoms with Crippen LogP contribution in [0.5, 0.6) is 0 Å². The third-order valence-corrected chi connectivity index (χ3v) is 3.46. The van der Waals surface area contributed by atoms with E-state index >= 15 is 0 Å². The molecule has 0 aliphatic carbocycles. The molecule has 0 aromatic carbocycles. The second-order valence-electron chi connectivity index (χ2n) is 5.03. The number of hydrogen-bond acceptors (Lipinski definition) is 2. The van der Waals surface area contributed by atoms with Crippen LogP contribution in [-0.4, -0.2) is 37.6 Å². The Morgan fingerprint density at radius 2 is 2.00 bits per heavy atom. The second kappa shape index (κ2) is 7.86. The lowest BCUT2D eigenvalue weighted by Crippen LogP contribution is -2.37. The molecule has 1 N–H and O–H groups in total. The number of nitrogens with zero attached hydrogens (tertiary/aromatic N) is 1. The third kappa shape index (κ3) is 5.13. The number of hydrogen-bond donors (Lipinski definition) is 1. The van der Waals surface area contributed by atoms with Crippen molar-refractivity contribution in [2.24, 2.45) is 5.92 Å². The molecule has 1 fully saturated rings. The van der Waals surface area contributed by atoms with Gasteiger partial charge < -0.3 is 5.32 Å². The molecule has 16 heavy (non-hydrogen) atoms. The van der Waals surface area contributed by atoms with Crippen LogP contribution in [0.1, 0.15) is 39.5 Å². The topological polar surface area (TPSA) is 15.3 Å². The molecule has 1 rings (SSSR count). The fraction of sp³-hybridized carbons (Fsp3) is 0.857. The van der Waals surface area contributed by atoms with E-state index < -0.39 is 0 Å². The molecule has 1 heterocycles. The van der Waals surface area contributed by atoms with Gasteiger partial charge in [0.15, 0.2) is 0 Å². The van der Waals surface area contributed by atoms with E-state index in [4.69, 9.17) is 0 Å².